The van der Waals surface area contributed by atoms with E-state index in [1.54, 1.807) is 12.1 Å². The Hall–Kier alpha value is -0.970. The van der Waals surface area contributed by atoms with Gasteiger partial charge in [0, 0.05) is 5.02 Å². The lowest BCUT2D eigenvalue weighted by molar-refractivity contribution is 0.258. The van der Waals surface area contributed by atoms with Crippen LogP contribution in [0.2, 0.25) is 5.02 Å². The van der Waals surface area contributed by atoms with Crippen molar-refractivity contribution in [3.05, 3.63) is 23.2 Å². The molecule has 0 heterocycles. The van der Waals surface area contributed by atoms with Crippen LogP contribution in [0, 0.1) is 0 Å². The molecular formula is C6H8ClN3O. The molecule has 0 atom stereocenters. The predicted molar refractivity (Wildman–Crippen MR) is 44.3 cm³/mol. The number of benzene rings is 1. The molecule has 0 aliphatic rings. The second kappa shape index (κ2) is 2.96. The van der Waals surface area contributed by atoms with E-state index in [1.165, 1.54) is 6.07 Å². The van der Waals surface area contributed by atoms with E-state index in [1.807, 2.05) is 0 Å². The van der Waals surface area contributed by atoms with Crippen LogP contribution in [-0.2, 0) is 0 Å². The molecule has 5 N–H and O–H groups in total. The SMILES string of the molecule is Nc1ccc(Cl)cc1N(N)O. The largest absolute Gasteiger partial charge is 0.397 e. The molecule has 0 bridgehead atoms. The van der Waals surface area contributed by atoms with E-state index < -0.39 is 0 Å². The molecule has 1 aromatic rings. The maximum absolute atomic E-state index is 8.80. The quantitative estimate of drug-likeness (QED) is 0.336. The van der Waals surface area contributed by atoms with Gasteiger partial charge in [-0.3, -0.25) is 5.21 Å². The fourth-order valence-corrected chi connectivity index (χ4v) is 0.882. The molecule has 4 nitrogen and oxygen atoms in total. The van der Waals surface area contributed by atoms with Crippen molar-refractivity contribution >= 4 is 23.0 Å². The second-order valence-electron chi connectivity index (χ2n) is 2.05. The minimum absolute atomic E-state index is 0.289. The van der Waals surface area contributed by atoms with E-state index >= 15 is 0 Å². The maximum Gasteiger partial charge on any atom is 0.106 e. The van der Waals surface area contributed by atoms with Gasteiger partial charge in [-0.25, -0.2) is 5.84 Å². The Morgan fingerprint density at radius 3 is 2.55 bits per heavy atom. The van der Waals surface area contributed by atoms with E-state index in [0.29, 0.717) is 15.9 Å². The summed E-state index contributed by atoms with van der Waals surface area (Å²) in [5, 5.41) is 9.70. The zero-order valence-corrected chi connectivity index (χ0v) is 6.42. The first-order chi connectivity index (χ1) is 5.11. The molecule has 0 aliphatic heterocycles. The van der Waals surface area contributed by atoms with Crippen LogP contribution < -0.4 is 16.7 Å². The summed E-state index contributed by atoms with van der Waals surface area (Å²) in [7, 11) is 0. The Bertz CT molecular complexity index is 264. The first kappa shape index (κ1) is 8.13. The van der Waals surface area contributed by atoms with Crippen LogP contribution in [-0.4, -0.2) is 5.21 Å². The van der Waals surface area contributed by atoms with Gasteiger partial charge in [0.25, 0.3) is 0 Å². The van der Waals surface area contributed by atoms with E-state index in [0.717, 1.165) is 0 Å². The van der Waals surface area contributed by atoms with Gasteiger partial charge in [0.1, 0.15) is 5.69 Å². The summed E-state index contributed by atoms with van der Waals surface area (Å²) < 4.78 is 0. The molecule has 1 rings (SSSR count). The zero-order valence-electron chi connectivity index (χ0n) is 5.66. The minimum atomic E-state index is 0.289. The average Bonchev–Trinajstić information content (AvgIpc) is 1.94. The van der Waals surface area contributed by atoms with Crippen LogP contribution in [0.15, 0.2) is 18.2 Å². The molecule has 0 aliphatic carbocycles. The fraction of sp³-hybridized carbons (Fsp3) is 0. The summed E-state index contributed by atoms with van der Waals surface area (Å²) >= 11 is 5.61. The lowest BCUT2D eigenvalue weighted by Gasteiger charge is -2.11. The van der Waals surface area contributed by atoms with Gasteiger partial charge < -0.3 is 5.73 Å². The number of hydrogen-bond donors (Lipinski definition) is 3. The molecule has 0 saturated heterocycles. The summed E-state index contributed by atoms with van der Waals surface area (Å²) in [6, 6.07) is 4.65. The van der Waals surface area contributed by atoms with Crippen molar-refractivity contribution in [3.8, 4) is 0 Å². The maximum atomic E-state index is 8.80. The predicted octanol–water partition coefficient (Wildman–Crippen LogP) is 0.992. The van der Waals surface area contributed by atoms with Crippen molar-refractivity contribution in [2.75, 3.05) is 10.9 Å². The molecule has 0 amide bonds. The highest BCUT2D eigenvalue weighted by molar-refractivity contribution is 6.31. The smallest absolute Gasteiger partial charge is 0.106 e. The van der Waals surface area contributed by atoms with Gasteiger partial charge in [-0.2, -0.15) is 5.17 Å². The highest BCUT2D eigenvalue weighted by Crippen LogP contribution is 2.23. The highest BCUT2D eigenvalue weighted by Gasteiger charge is 2.02. The molecular weight excluding hydrogens is 166 g/mol. The Balaban J connectivity index is 3.13. The van der Waals surface area contributed by atoms with Crippen molar-refractivity contribution in [2.45, 2.75) is 0 Å². The number of nitrogens with zero attached hydrogens (tertiary/aromatic N) is 1. The minimum Gasteiger partial charge on any atom is -0.397 e. The van der Waals surface area contributed by atoms with Gasteiger partial charge >= 0.3 is 0 Å². The molecule has 11 heavy (non-hydrogen) atoms. The van der Waals surface area contributed by atoms with Gasteiger partial charge in [-0.05, 0) is 18.2 Å². The summed E-state index contributed by atoms with van der Waals surface area (Å²) in [5.74, 6) is 5.03. The number of nitrogens with two attached hydrogens (primary N) is 2. The summed E-state index contributed by atoms with van der Waals surface area (Å²) in [4.78, 5) is 0. The Labute approximate surface area is 68.9 Å². The summed E-state index contributed by atoms with van der Waals surface area (Å²) in [6.45, 7) is 0. The standard InChI is InChI=1S/C6H8ClN3O/c7-4-1-2-5(8)6(3-4)10(9)11/h1-3,11H,8-9H2. The third kappa shape index (κ3) is 1.74. The Kier molecular flexibility index (Phi) is 2.19. The molecule has 1 aromatic carbocycles. The van der Waals surface area contributed by atoms with Gasteiger partial charge in [-0.15, -0.1) is 0 Å². The normalized spacial score (nSPS) is 9.73. The van der Waals surface area contributed by atoms with Gasteiger partial charge in [-0.1, -0.05) is 11.6 Å². The van der Waals surface area contributed by atoms with Crippen LogP contribution >= 0.6 is 11.6 Å². The number of halogens is 1. The van der Waals surface area contributed by atoms with E-state index in [4.69, 9.17) is 28.4 Å². The molecule has 0 radical (unpaired) electrons. The molecule has 0 fully saturated rings. The number of anilines is 2. The molecule has 5 heteroatoms. The van der Waals surface area contributed by atoms with Crippen molar-refractivity contribution in [1.29, 1.82) is 0 Å². The van der Waals surface area contributed by atoms with Crippen molar-refractivity contribution in [2.24, 2.45) is 5.84 Å². The van der Waals surface area contributed by atoms with Crippen LogP contribution in [0.25, 0.3) is 0 Å². The number of nitrogen functional groups attached to an aromatic ring is 1. The number of hydrogen-bond acceptors (Lipinski definition) is 4. The Morgan fingerprint density at radius 2 is 2.09 bits per heavy atom. The molecule has 0 unspecified atom stereocenters. The van der Waals surface area contributed by atoms with Gasteiger partial charge in [0.05, 0.1) is 5.69 Å². The zero-order chi connectivity index (χ0) is 8.43. The van der Waals surface area contributed by atoms with Crippen LogP contribution in [0.4, 0.5) is 11.4 Å². The molecule has 0 saturated carbocycles. The topological polar surface area (TPSA) is 75.5 Å². The average molecular weight is 174 g/mol. The highest BCUT2D eigenvalue weighted by atomic mass is 35.5. The summed E-state index contributed by atoms with van der Waals surface area (Å²) in [6.07, 6.45) is 0. The van der Waals surface area contributed by atoms with Crippen LogP contribution in [0.1, 0.15) is 0 Å². The molecule has 0 aromatic heterocycles. The first-order valence-electron chi connectivity index (χ1n) is 2.90. The van der Waals surface area contributed by atoms with E-state index in [9.17, 15) is 0 Å². The van der Waals surface area contributed by atoms with Gasteiger partial charge in [0.2, 0.25) is 0 Å². The summed E-state index contributed by atoms with van der Waals surface area (Å²) in [5.41, 5.74) is 6.11. The lowest BCUT2D eigenvalue weighted by Crippen LogP contribution is -2.26. The van der Waals surface area contributed by atoms with Gasteiger partial charge in [0.15, 0.2) is 0 Å². The van der Waals surface area contributed by atoms with Crippen molar-refractivity contribution in [1.82, 2.24) is 0 Å². The fourth-order valence-electron chi connectivity index (χ4n) is 0.715. The van der Waals surface area contributed by atoms with Crippen LogP contribution in [0.3, 0.4) is 0 Å². The van der Waals surface area contributed by atoms with Crippen molar-refractivity contribution < 1.29 is 5.21 Å². The van der Waals surface area contributed by atoms with E-state index in [2.05, 4.69) is 0 Å². The third-order valence-corrected chi connectivity index (χ3v) is 1.47. The first-order valence-corrected chi connectivity index (χ1v) is 3.28. The van der Waals surface area contributed by atoms with E-state index in [-0.39, 0.29) is 5.69 Å². The monoisotopic (exact) mass is 173 g/mol. The molecule has 60 valence electrons. The number of hydrazine groups is 1. The number of rotatable bonds is 1. The lowest BCUT2D eigenvalue weighted by atomic mass is 10.3. The second-order valence-corrected chi connectivity index (χ2v) is 2.48. The third-order valence-electron chi connectivity index (χ3n) is 1.24. The van der Waals surface area contributed by atoms with Crippen LogP contribution in [0.5, 0.6) is 0 Å². The Morgan fingerprint density at radius 1 is 1.45 bits per heavy atom. The molecule has 0 spiro atoms. The van der Waals surface area contributed by atoms with Crippen molar-refractivity contribution in [3.63, 3.8) is 0 Å².